The van der Waals surface area contributed by atoms with E-state index in [1.165, 1.54) is 5.57 Å². The molecule has 2 aromatic rings. The standard InChI is InChI=1S/C20H26N4O4/c1-20(2,3)28-19(26)23-7-4-15(12-23)24-16-10-14(13-5-8-27-9-6-13)11-21-17(16)22-18(24)25/h5,10-11,15H,4,6-9,12H2,1-3H3,(H,21,22,25)/t15-/m1/s1. The first-order valence-corrected chi connectivity index (χ1v) is 9.67. The number of nitrogens with zero attached hydrogens (tertiary/aromatic N) is 3. The van der Waals surface area contributed by atoms with Crippen molar-refractivity contribution in [2.75, 3.05) is 26.3 Å². The van der Waals surface area contributed by atoms with Gasteiger partial charge in [0.15, 0.2) is 5.65 Å². The average Bonchev–Trinajstić information content (AvgIpc) is 3.24. The minimum atomic E-state index is -0.539. The van der Waals surface area contributed by atoms with Crippen molar-refractivity contribution >= 4 is 22.8 Å². The Bertz CT molecular complexity index is 982. The van der Waals surface area contributed by atoms with Crippen LogP contribution < -0.4 is 5.69 Å². The molecule has 2 aromatic heterocycles. The van der Waals surface area contributed by atoms with E-state index in [4.69, 9.17) is 9.47 Å². The number of aromatic amines is 1. The summed E-state index contributed by atoms with van der Waals surface area (Å²) in [5, 5.41) is 0. The molecule has 8 heteroatoms. The molecule has 0 unspecified atom stereocenters. The van der Waals surface area contributed by atoms with E-state index in [1.807, 2.05) is 26.8 Å². The molecule has 0 spiro atoms. The number of carbonyl (C=O) groups is 1. The van der Waals surface area contributed by atoms with Gasteiger partial charge in [-0.05, 0) is 50.8 Å². The highest BCUT2D eigenvalue weighted by Gasteiger charge is 2.32. The summed E-state index contributed by atoms with van der Waals surface area (Å²) in [5.41, 5.74) is 2.79. The fourth-order valence-corrected chi connectivity index (χ4v) is 3.78. The maximum Gasteiger partial charge on any atom is 0.410 e. The van der Waals surface area contributed by atoms with Crippen LogP contribution in [-0.2, 0) is 9.47 Å². The third kappa shape index (κ3) is 3.69. The van der Waals surface area contributed by atoms with Crippen LogP contribution in [-0.4, -0.2) is 57.4 Å². The van der Waals surface area contributed by atoms with Crippen molar-refractivity contribution in [2.24, 2.45) is 0 Å². The number of aromatic nitrogens is 3. The van der Waals surface area contributed by atoms with Crippen LogP contribution >= 0.6 is 0 Å². The van der Waals surface area contributed by atoms with E-state index in [0.717, 1.165) is 17.5 Å². The number of amides is 1. The van der Waals surface area contributed by atoms with Crippen molar-refractivity contribution in [3.05, 3.63) is 34.4 Å². The van der Waals surface area contributed by atoms with Gasteiger partial charge < -0.3 is 14.4 Å². The maximum atomic E-state index is 12.6. The molecule has 150 valence electrons. The second kappa shape index (κ2) is 7.09. The van der Waals surface area contributed by atoms with Gasteiger partial charge in [0.2, 0.25) is 0 Å². The number of hydrogen-bond acceptors (Lipinski definition) is 5. The summed E-state index contributed by atoms with van der Waals surface area (Å²) in [6, 6.07) is 1.91. The van der Waals surface area contributed by atoms with Gasteiger partial charge in [-0.15, -0.1) is 0 Å². The molecule has 4 heterocycles. The fraction of sp³-hybridized carbons (Fsp3) is 0.550. The van der Waals surface area contributed by atoms with Crippen LogP contribution in [0, 0.1) is 0 Å². The van der Waals surface area contributed by atoms with Gasteiger partial charge in [-0.2, -0.15) is 0 Å². The molecule has 0 radical (unpaired) electrons. The highest BCUT2D eigenvalue weighted by Crippen LogP contribution is 2.27. The van der Waals surface area contributed by atoms with E-state index in [0.29, 0.717) is 38.4 Å². The Morgan fingerprint density at radius 1 is 1.39 bits per heavy atom. The van der Waals surface area contributed by atoms with Crippen LogP contribution in [0.2, 0.25) is 0 Å². The zero-order chi connectivity index (χ0) is 19.9. The summed E-state index contributed by atoms with van der Waals surface area (Å²) >= 11 is 0. The monoisotopic (exact) mass is 386 g/mol. The molecule has 0 saturated carbocycles. The first kappa shape index (κ1) is 18.7. The minimum Gasteiger partial charge on any atom is -0.444 e. The van der Waals surface area contributed by atoms with Crippen LogP contribution in [0.25, 0.3) is 16.7 Å². The first-order chi connectivity index (χ1) is 13.3. The molecule has 8 nitrogen and oxygen atoms in total. The lowest BCUT2D eigenvalue weighted by atomic mass is 10.0. The summed E-state index contributed by atoms with van der Waals surface area (Å²) in [7, 11) is 0. The number of pyridine rings is 1. The summed E-state index contributed by atoms with van der Waals surface area (Å²) in [5.74, 6) is 0. The van der Waals surface area contributed by atoms with Crippen LogP contribution in [0.1, 0.15) is 45.2 Å². The van der Waals surface area contributed by atoms with Gasteiger partial charge in [0.1, 0.15) is 5.60 Å². The number of imidazole rings is 1. The highest BCUT2D eigenvalue weighted by atomic mass is 16.6. The summed E-state index contributed by atoms with van der Waals surface area (Å²) in [6.07, 6.45) is 5.04. The van der Waals surface area contributed by atoms with Gasteiger partial charge in [0, 0.05) is 19.3 Å². The number of nitrogens with one attached hydrogen (secondary N) is 1. The van der Waals surface area contributed by atoms with E-state index < -0.39 is 5.60 Å². The smallest absolute Gasteiger partial charge is 0.410 e. The van der Waals surface area contributed by atoms with Crippen LogP contribution in [0.15, 0.2) is 23.1 Å². The van der Waals surface area contributed by atoms with Gasteiger partial charge in [0.25, 0.3) is 0 Å². The molecule has 1 fully saturated rings. The molecule has 0 bridgehead atoms. The molecule has 28 heavy (non-hydrogen) atoms. The number of rotatable bonds is 2. The number of likely N-dealkylation sites (tertiary alicyclic amines) is 1. The number of hydrogen-bond donors (Lipinski definition) is 1. The Hall–Kier alpha value is -2.61. The molecule has 4 rings (SSSR count). The maximum absolute atomic E-state index is 12.6. The predicted octanol–water partition coefficient (Wildman–Crippen LogP) is 2.71. The van der Waals surface area contributed by atoms with Gasteiger partial charge in [-0.1, -0.05) is 6.08 Å². The molecule has 2 aliphatic heterocycles. The lowest BCUT2D eigenvalue weighted by Gasteiger charge is -2.24. The third-order valence-electron chi connectivity index (χ3n) is 5.09. The number of fused-ring (bicyclic) bond motifs is 1. The average molecular weight is 386 g/mol. The molecule has 0 aromatic carbocycles. The number of ether oxygens (including phenoxy) is 2. The Kier molecular flexibility index (Phi) is 4.74. The Balaban J connectivity index is 1.62. The van der Waals surface area contributed by atoms with E-state index in [-0.39, 0.29) is 17.8 Å². The number of carbonyl (C=O) groups excluding carboxylic acids is 1. The van der Waals surface area contributed by atoms with E-state index >= 15 is 0 Å². The van der Waals surface area contributed by atoms with E-state index in [1.54, 1.807) is 15.7 Å². The molecule has 1 N–H and O–H groups in total. The van der Waals surface area contributed by atoms with Crippen LogP contribution in [0.5, 0.6) is 0 Å². The van der Waals surface area contributed by atoms with Gasteiger partial charge >= 0.3 is 11.8 Å². The predicted molar refractivity (Wildman–Crippen MR) is 105 cm³/mol. The fourth-order valence-electron chi connectivity index (χ4n) is 3.78. The van der Waals surface area contributed by atoms with Crippen LogP contribution in [0.3, 0.4) is 0 Å². The van der Waals surface area contributed by atoms with Crippen LogP contribution in [0.4, 0.5) is 4.79 Å². The lowest BCUT2D eigenvalue weighted by molar-refractivity contribution is 0.0289. The van der Waals surface area contributed by atoms with Crippen molar-refractivity contribution in [1.82, 2.24) is 19.4 Å². The second-order valence-electron chi connectivity index (χ2n) is 8.32. The lowest BCUT2D eigenvalue weighted by Crippen LogP contribution is -2.36. The molecule has 1 amide bonds. The zero-order valence-corrected chi connectivity index (χ0v) is 16.5. The summed E-state index contributed by atoms with van der Waals surface area (Å²) in [4.78, 5) is 33.9. The van der Waals surface area contributed by atoms with Crippen molar-refractivity contribution < 1.29 is 14.3 Å². The third-order valence-corrected chi connectivity index (χ3v) is 5.09. The SMILES string of the molecule is CC(C)(C)OC(=O)N1CC[C@@H](n2c(=O)[nH]c3ncc(C4=CCOCC4)cc32)C1. The quantitative estimate of drug-likeness (QED) is 0.857. The minimum absolute atomic E-state index is 0.102. The van der Waals surface area contributed by atoms with Gasteiger partial charge in [-0.3, -0.25) is 9.55 Å². The van der Waals surface area contributed by atoms with Gasteiger partial charge in [0.05, 0.1) is 24.8 Å². The topological polar surface area (TPSA) is 89.5 Å². The van der Waals surface area contributed by atoms with E-state index in [9.17, 15) is 9.59 Å². The molecular formula is C20H26N4O4. The van der Waals surface area contributed by atoms with Gasteiger partial charge in [-0.25, -0.2) is 14.6 Å². The molecule has 2 aliphatic rings. The highest BCUT2D eigenvalue weighted by molar-refractivity contribution is 5.78. The zero-order valence-electron chi connectivity index (χ0n) is 16.5. The summed E-state index contributed by atoms with van der Waals surface area (Å²) in [6.45, 7) is 7.84. The Labute approximate surface area is 163 Å². The Morgan fingerprint density at radius 3 is 2.93 bits per heavy atom. The number of H-pyrrole nitrogens is 1. The molecular weight excluding hydrogens is 360 g/mol. The van der Waals surface area contributed by atoms with Crippen molar-refractivity contribution in [3.63, 3.8) is 0 Å². The van der Waals surface area contributed by atoms with Crippen molar-refractivity contribution in [1.29, 1.82) is 0 Å². The van der Waals surface area contributed by atoms with Crippen molar-refractivity contribution in [2.45, 2.75) is 45.3 Å². The summed E-state index contributed by atoms with van der Waals surface area (Å²) < 4.78 is 12.6. The molecule has 0 aliphatic carbocycles. The first-order valence-electron chi connectivity index (χ1n) is 9.67. The molecule has 1 saturated heterocycles. The second-order valence-corrected chi connectivity index (χ2v) is 8.32. The van der Waals surface area contributed by atoms with Crippen molar-refractivity contribution in [3.8, 4) is 0 Å². The Morgan fingerprint density at radius 2 is 2.21 bits per heavy atom. The largest absolute Gasteiger partial charge is 0.444 e. The van der Waals surface area contributed by atoms with E-state index in [2.05, 4.69) is 16.0 Å². The normalized spacial score (nSPS) is 20.5. The molecule has 1 atom stereocenters.